The summed E-state index contributed by atoms with van der Waals surface area (Å²) in [5.74, 6) is -5.75. The topological polar surface area (TPSA) is 72.8 Å². The molecule has 0 aromatic carbocycles. The molecule has 0 amide bonds. The molecular weight excluding hydrogens is 350 g/mol. The molecule has 2 bridgehead atoms. The van der Waals surface area contributed by atoms with Gasteiger partial charge in [-0.25, -0.2) is 0 Å². The van der Waals surface area contributed by atoms with Crippen molar-refractivity contribution < 1.29 is 50.5 Å². The maximum Gasteiger partial charge on any atom is 0.434 e. The minimum Gasteiger partial charge on any atom is -0.458 e. The highest BCUT2D eigenvalue weighted by Crippen LogP contribution is 2.65. The highest BCUT2D eigenvalue weighted by atomic mass is 19.4. The summed E-state index contributed by atoms with van der Waals surface area (Å²) in [5.41, 5.74) is -2.23. The first-order chi connectivity index (χ1) is 10.8. The summed E-state index contributed by atoms with van der Waals surface area (Å²) in [5, 5.41) is 9.94. The first-order valence-corrected chi connectivity index (χ1v) is 7.06. The predicted octanol–water partition coefficient (Wildman–Crippen LogP) is 1.58. The van der Waals surface area contributed by atoms with Crippen molar-refractivity contribution in [2.75, 3.05) is 0 Å². The molecule has 6 unspecified atom stereocenters. The predicted molar refractivity (Wildman–Crippen MR) is 61.1 cm³/mol. The molecule has 1 heterocycles. The van der Waals surface area contributed by atoms with Crippen LogP contribution < -0.4 is 0 Å². The monoisotopic (exact) mass is 362 g/mol. The quantitative estimate of drug-likeness (QED) is 0.459. The van der Waals surface area contributed by atoms with Crippen LogP contribution in [0.5, 0.6) is 0 Å². The van der Waals surface area contributed by atoms with Crippen LogP contribution in [0.2, 0.25) is 0 Å². The van der Waals surface area contributed by atoms with E-state index in [1.54, 1.807) is 0 Å². The lowest BCUT2D eigenvalue weighted by Gasteiger charge is -2.35. The minimum atomic E-state index is -5.87. The molecule has 1 saturated heterocycles. The SMILES string of the molecule is CC1C2CC3C(OC(=O)C13C(=O)OC(C(F)(F)F)C(F)(F)F)C2O. The summed E-state index contributed by atoms with van der Waals surface area (Å²) < 4.78 is 84.1. The molecule has 0 aromatic rings. The average molecular weight is 362 g/mol. The van der Waals surface area contributed by atoms with Crippen molar-refractivity contribution in [3.8, 4) is 0 Å². The molecular formula is C13H12F6O5. The zero-order valence-corrected chi connectivity index (χ0v) is 12.0. The van der Waals surface area contributed by atoms with E-state index in [0.717, 1.165) is 0 Å². The van der Waals surface area contributed by atoms with E-state index < -0.39 is 65.8 Å². The number of aliphatic hydroxyl groups excluding tert-OH is 1. The van der Waals surface area contributed by atoms with Crippen molar-refractivity contribution in [3.05, 3.63) is 0 Å². The first kappa shape index (κ1) is 17.3. The summed E-state index contributed by atoms with van der Waals surface area (Å²) in [4.78, 5) is 24.3. The third-order valence-corrected chi connectivity index (χ3v) is 5.38. The molecule has 0 aromatic heterocycles. The van der Waals surface area contributed by atoms with Crippen LogP contribution in [0.3, 0.4) is 0 Å². The summed E-state index contributed by atoms with van der Waals surface area (Å²) in [6.07, 6.45) is -18.2. The Kier molecular flexibility index (Phi) is 3.44. The van der Waals surface area contributed by atoms with E-state index in [-0.39, 0.29) is 6.42 Å². The maximum absolute atomic E-state index is 12.6. The van der Waals surface area contributed by atoms with Crippen LogP contribution in [0.4, 0.5) is 26.3 Å². The number of alkyl halides is 6. The Balaban J connectivity index is 1.94. The molecule has 1 N–H and O–H groups in total. The second-order valence-corrected chi connectivity index (χ2v) is 6.39. The molecule has 2 aliphatic carbocycles. The molecule has 0 spiro atoms. The van der Waals surface area contributed by atoms with E-state index in [4.69, 9.17) is 4.74 Å². The fourth-order valence-corrected chi connectivity index (χ4v) is 4.32. The van der Waals surface area contributed by atoms with Crippen LogP contribution in [0, 0.1) is 23.2 Å². The Morgan fingerprint density at radius 1 is 1.29 bits per heavy atom. The molecule has 3 fully saturated rings. The second kappa shape index (κ2) is 4.77. The number of esters is 2. The van der Waals surface area contributed by atoms with Crippen LogP contribution in [0.15, 0.2) is 0 Å². The molecule has 5 nitrogen and oxygen atoms in total. The number of hydrogen-bond acceptors (Lipinski definition) is 5. The summed E-state index contributed by atoms with van der Waals surface area (Å²) in [7, 11) is 0. The summed E-state index contributed by atoms with van der Waals surface area (Å²) >= 11 is 0. The summed E-state index contributed by atoms with van der Waals surface area (Å²) in [6.45, 7) is 1.31. The number of aliphatic hydroxyl groups is 1. The molecule has 24 heavy (non-hydrogen) atoms. The van der Waals surface area contributed by atoms with Gasteiger partial charge in [0.1, 0.15) is 6.10 Å². The Morgan fingerprint density at radius 2 is 1.83 bits per heavy atom. The van der Waals surface area contributed by atoms with E-state index in [0.29, 0.717) is 0 Å². The molecule has 3 rings (SSSR count). The van der Waals surface area contributed by atoms with Crippen molar-refractivity contribution in [3.63, 3.8) is 0 Å². The van der Waals surface area contributed by atoms with Crippen molar-refractivity contribution in [1.82, 2.24) is 0 Å². The van der Waals surface area contributed by atoms with E-state index in [2.05, 4.69) is 4.74 Å². The van der Waals surface area contributed by atoms with Gasteiger partial charge in [-0.3, -0.25) is 9.59 Å². The highest BCUT2D eigenvalue weighted by molar-refractivity contribution is 6.03. The molecule has 6 atom stereocenters. The van der Waals surface area contributed by atoms with Crippen molar-refractivity contribution in [1.29, 1.82) is 0 Å². The van der Waals surface area contributed by atoms with Gasteiger partial charge in [0, 0.05) is 5.92 Å². The van der Waals surface area contributed by atoms with E-state index in [1.165, 1.54) is 6.92 Å². The van der Waals surface area contributed by atoms with Gasteiger partial charge in [0.25, 0.3) is 6.10 Å². The standard InChI is InChI=1S/C13H12F6O5/c1-3-4-2-5-7(6(4)20)23-9(21)11(3,5)10(22)24-8(12(14,15)16)13(17,18)19/h3-8,20H,2H2,1H3. The van der Waals surface area contributed by atoms with Crippen LogP contribution in [0.1, 0.15) is 13.3 Å². The Bertz CT molecular complexity index is 572. The minimum absolute atomic E-state index is 0.0938. The number of carbonyl (C=O) groups is 2. The fourth-order valence-electron chi connectivity index (χ4n) is 4.32. The van der Waals surface area contributed by atoms with Gasteiger partial charge in [-0.05, 0) is 18.3 Å². The lowest BCUT2D eigenvalue weighted by molar-refractivity contribution is -0.316. The molecule has 11 heteroatoms. The van der Waals surface area contributed by atoms with Gasteiger partial charge in [-0.2, -0.15) is 26.3 Å². The molecule has 3 aliphatic rings. The van der Waals surface area contributed by atoms with Gasteiger partial charge in [0.05, 0.1) is 6.10 Å². The number of halogens is 6. The van der Waals surface area contributed by atoms with Gasteiger partial charge >= 0.3 is 24.3 Å². The Morgan fingerprint density at radius 3 is 2.29 bits per heavy atom. The zero-order chi connectivity index (χ0) is 18.2. The van der Waals surface area contributed by atoms with Crippen molar-refractivity contribution in [2.45, 2.75) is 44.0 Å². The van der Waals surface area contributed by atoms with E-state index >= 15 is 0 Å². The Hall–Kier alpha value is -1.52. The van der Waals surface area contributed by atoms with E-state index in [9.17, 15) is 41.0 Å². The molecule has 136 valence electrons. The third kappa shape index (κ3) is 1.99. The number of fused-ring (bicyclic) bond motifs is 1. The van der Waals surface area contributed by atoms with Crippen molar-refractivity contribution >= 4 is 11.9 Å². The van der Waals surface area contributed by atoms with Crippen molar-refractivity contribution in [2.24, 2.45) is 23.2 Å². The normalized spacial score (nSPS) is 41.0. The second-order valence-electron chi connectivity index (χ2n) is 6.39. The highest BCUT2D eigenvalue weighted by Gasteiger charge is 2.78. The van der Waals surface area contributed by atoms with Gasteiger partial charge < -0.3 is 14.6 Å². The lowest BCUT2D eigenvalue weighted by Crippen LogP contribution is -2.54. The zero-order valence-electron chi connectivity index (χ0n) is 12.0. The number of carbonyl (C=O) groups excluding carboxylic acids is 2. The number of ether oxygens (including phenoxy) is 2. The third-order valence-electron chi connectivity index (χ3n) is 5.38. The van der Waals surface area contributed by atoms with Gasteiger partial charge in [-0.15, -0.1) is 0 Å². The average Bonchev–Trinajstić information content (AvgIpc) is 2.96. The molecule has 1 aliphatic heterocycles. The van der Waals surface area contributed by atoms with Gasteiger partial charge in [0.15, 0.2) is 5.41 Å². The van der Waals surface area contributed by atoms with Crippen LogP contribution in [0.25, 0.3) is 0 Å². The van der Waals surface area contributed by atoms with Crippen LogP contribution in [-0.2, 0) is 19.1 Å². The number of hydrogen-bond donors (Lipinski definition) is 1. The Labute approximate surface area is 130 Å². The maximum atomic E-state index is 12.6. The largest absolute Gasteiger partial charge is 0.458 e. The molecule has 2 saturated carbocycles. The molecule has 0 radical (unpaired) electrons. The smallest absolute Gasteiger partial charge is 0.434 e. The fraction of sp³-hybridized carbons (Fsp3) is 0.846. The van der Waals surface area contributed by atoms with Crippen LogP contribution >= 0.6 is 0 Å². The first-order valence-electron chi connectivity index (χ1n) is 7.06. The van der Waals surface area contributed by atoms with Gasteiger partial charge in [0.2, 0.25) is 0 Å². The summed E-state index contributed by atoms with van der Waals surface area (Å²) in [6, 6.07) is 0. The van der Waals surface area contributed by atoms with Gasteiger partial charge in [-0.1, -0.05) is 6.92 Å². The number of rotatable bonds is 2. The van der Waals surface area contributed by atoms with E-state index in [1.807, 2.05) is 0 Å². The van der Waals surface area contributed by atoms with Crippen LogP contribution in [-0.4, -0.2) is 47.7 Å². The lowest BCUT2D eigenvalue weighted by atomic mass is 9.67.